The van der Waals surface area contributed by atoms with E-state index in [1.807, 2.05) is 0 Å². The van der Waals surface area contributed by atoms with Crippen molar-refractivity contribution in [2.24, 2.45) is 0 Å². The Hall–Kier alpha value is -3.86. The average molecular weight is 484 g/mol. The van der Waals surface area contributed by atoms with E-state index in [9.17, 15) is 30.6 Å². The Kier molecular flexibility index (Phi) is 5.72. The lowest BCUT2D eigenvalue weighted by atomic mass is 9.91. The summed E-state index contributed by atoms with van der Waals surface area (Å²) < 4.78 is 23.1. The highest BCUT2D eigenvalue weighted by atomic mass is 16.6. The molecule has 184 valence electrons. The summed E-state index contributed by atoms with van der Waals surface area (Å²) in [5.41, 5.74) is 1.02. The molecule has 10 heteroatoms. The van der Waals surface area contributed by atoms with Gasteiger partial charge < -0.3 is 49.6 Å². The van der Waals surface area contributed by atoms with Gasteiger partial charge >= 0.3 is 0 Å². The van der Waals surface area contributed by atoms with E-state index in [4.69, 9.17) is 18.9 Å². The molecule has 0 bridgehead atoms. The van der Waals surface area contributed by atoms with Gasteiger partial charge in [-0.3, -0.25) is 0 Å². The summed E-state index contributed by atoms with van der Waals surface area (Å²) in [6.45, 7) is -0.338. The van der Waals surface area contributed by atoms with Crippen molar-refractivity contribution in [3.8, 4) is 40.2 Å². The first kappa shape index (κ1) is 22.9. The van der Waals surface area contributed by atoms with Crippen LogP contribution in [0, 0.1) is 0 Å². The van der Waals surface area contributed by atoms with Gasteiger partial charge in [-0.15, -0.1) is 0 Å². The number of fused-ring (bicyclic) bond motifs is 2. The molecular weight excluding hydrogens is 460 g/mol. The number of hydrogen-bond donors (Lipinski definition) is 6. The van der Waals surface area contributed by atoms with Gasteiger partial charge in [-0.25, -0.2) is 0 Å². The number of aromatic hydroxyl groups is 3. The van der Waals surface area contributed by atoms with Gasteiger partial charge in [-0.2, -0.15) is 0 Å². The monoisotopic (exact) mass is 484 g/mol. The maximum atomic E-state index is 10.7. The van der Waals surface area contributed by atoms with Crippen molar-refractivity contribution < 1.29 is 49.6 Å². The van der Waals surface area contributed by atoms with Crippen molar-refractivity contribution in [2.45, 2.75) is 30.5 Å². The molecule has 0 radical (unpaired) electrons. The molecule has 0 aliphatic carbocycles. The molecule has 0 saturated carbocycles. The maximum absolute atomic E-state index is 10.7. The smallest absolute Gasteiger partial charge is 0.163 e. The minimum absolute atomic E-state index is 0.0174. The quantitative estimate of drug-likeness (QED) is 0.324. The van der Waals surface area contributed by atoms with Gasteiger partial charge in [0.05, 0.1) is 19.3 Å². The first-order chi connectivity index (χ1) is 16.8. The normalized spacial score (nSPS) is 24.9. The van der Waals surface area contributed by atoms with E-state index in [0.717, 1.165) is 6.07 Å². The molecular formula is C25H24O10. The molecule has 2 heterocycles. The van der Waals surface area contributed by atoms with Crippen LogP contribution in [0.5, 0.6) is 40.2 Å². The molecule has 2 aliphatic rings. The van der Waals surface area contributed by atoms with E-state index in [1.165, 1.54) is 19.2 Å². The number of phenolic OH excluding ortho intramolecular Hbond substituents is 3. The van der Waals surface area contributed by atoms with Crippen LogP contribution in [0.2, 0.25) is 0 Å². The third-order valence-corrected chi connectivity index (χ3v) is 6.17. The fourth-order valence-corrected chi connectivity index (χ4v) is 4.42. The number of ether oxygens (including phenoxy) is 4. The van der Waals surface area contributed by atoms with Crippen LogP contribution in [0.25, 0.3) is 0 Å². The van der Waals surface area contributed by atoms with Crippen molar-refractivity contribution in [1.82, 2.24) is 0 Å². The van der Waals surface area contributed by atoms with E-state index in [0.29, 0.717) is 22.6 Å². The van der Waals surface area contributed by atoms with Crippen LogP contribution in [0.4, 0.5) is 0 Å². The Morgan fingerprint density at radius 3 is 2.23 bits per heavy atom. The number of rotatable bonds is 4. The SMILES string of the molecule is COc1cc([C@H]2Oc3cc([C@H]4Oc5cc(O)cc(O)c5C(O)[C@@H]4O)ccc3O[C@@H]2CO)ccc1O. The van der Waals surface area contributed by atoms with Gasteiger partial charge in [0, 0.05) is 17.7 Å². The van der Waals surface area contributed by atoms with Gasteiger partial charge in [0.25, 0.3) is 0 Å². The van der Waals surface area contributed by atoms with Crippen molar-refractivity contribution in [1.29, 1.82) is 0 Å². The molecule has 0 aromatic heterocycles. The fraction of sp³-hybridized carbons (Fsp3) is 0.280. The average Bonchev–Trinajstić information content (AvgIpc) is 2.85. The van der Waals surface area contributed by atoms with Gasteiger partial charge in [0.15, 0.2) is 41.3 Å². The van der Waals surface area contributed by atoms with Crippen molar-refractivity contribution in [3.05, 3.63) is 65.2 Å². The molecule has 0 fully saturated rings. The Bertz CT molecular complexity index is 1260. The molecule has 0 amide bonds. The van der Waals surface area contributed by atoms with Crippen LogP contribution < -0.4 is 18.9 Å². The molecule has 3 aromatic rings. The fourth-order valence-electron chi connectivity index (χ4n) is 4.42. The van der Waals surface area contributed by atoms with Crippen LogP contribution in [-0.2, 0) is 0 Å². The zero-order valence-electron chi connectivity index (χ0n) is 18.5. The number of aliphatic hydroxyl groups is 3. The van der Waals surface area contributed by atoms with Gasteiger partial charge in [-0.1, -0.05) is 12.1 Å². The molecule has 0 spiro atoms. The molecule has 2 aliphatic heterocycles. The number of aliphatic hydroxyl groups excluding tert-OH is 3. The Labute approximate surface area is 199 Å². The Morgan fingerprint density at radius 1 is 0.771 bits per heavy atom. The highest BCUT2D eigenvalue weighted by Gasteiger charge is 2.40. The third kappa shape index (κ3) is 3.91. The molecule has 5 atom stereocenters. The van der Waals surface area contributed by atoms with E-state index in [2.05, 4.69) is 0 Å². The second-order valence-corrected chi connectivity index (χ2v) is 8.37. The van der Waals surface area contributed by atoms with Gasteiger partial charge in [-0.05, 0) is 29.8 Å². The number of hydrogen-bond acceptors (Lipinski definition) is 10. The zero-order chi connectivity index (χ0) is 24.9. The summed E-state index contributed by atoms with van der Waals surface area (Å²) in [6, 6.07) is 11.8. The minimum atomic E-state index is -1.46. The van der Waals surface area contributed by atoms with Crippen LogP contribution in [0.3, 0.4) is 0 Å². The van der Waals surface area contributed by atoms with E-state index in [1.54, 1.807) is 30.3 Å². The maximum Gasteiger partial charge on any atom is 0.163 e. The lowest BCUT2D eigenvalue weighted by Gasteiger charge is -2.36. The predicted molar refractivity (Wildman–Crippen MR) is 120 cm³/mol. The summed E-state index contributed by atoms with van der Waals surface area (Å²) in [4.78, 5) is 0. The Balaban J connectivity index is 1.49. The zero-order valence-corrected chi connectivity index (χ0v) is 18.5. The second-order valence-electron chi connectivity index (χ2n) is 8.37. The molecule has 6 N–H and O–H groups in total. The number of methoxy groups -OCH3 is 1. The lowest BCUT2D eigenvalue weighted by molar-refractivity contribution is -0.0713. The standard InChI is InChI=1S/C25H24O10/c1-32-17-6-11(2-4-14(17)28)24-20(10-26)33-16-5-3-12(7-18(16)34-24)25-23(31)22(30)21-15(29)8-13(27)9-19(21)35-25/h2-9,20,22-31H,10H2,1H3/t20-,22?,23+,24-,25-/m1/s1. The summed E-state index contributed by atoms with van der Waals surface area (Å²) in [6.07, 6.45) is -5.42. The topological polar surface area (TPSA) is 158 Å². The van der Waals surface area contributed by atoms with Crippen LogP contribution in [0.1, 0.15) is 35.0 Å². The Morgan fingerprint density at radius 2 is 1.49 bits per heavy atom. The second kappa shape index (κ2) is 8.73. The van der Waals surface area contributed by atoms with Crippen molar-refractivity contribution >= 4 is 0 Å². The molecule has 1 unspecified atom stereocenters. The first-order valence-corrected chi connectivity index (χ1v) is 10.8. The predicted octanol–water partition coefficient (Wildman–Crippen LogP) is 2.21. The van der Waals surface area contributed by atoms with Gasteiger partial charge in [0.1, 0.15) is 29.5 Å². The van der Waals surface area contributed by atoms with Crippen LogP contribution >= 0.6 is 0 Å². The summed E-state index contributed by atoms with van der Waals surface area (Å²) in [5.74, 6) is 0.239. The summed E-state index contributed by atoms with van der Waals surface area (Å²) in [5, 5.41) is 61.0. The van der Waals surface area contributed by atoms with E-state index >= 15 is 0 Å². The highest BCUT2D eigenvalue weighted by Crippen LogP contribution is 2.48. The molecule has 3 aromatic carbocycles. The highest BCUT2D eigenvalue weighted by molar-refractivity contribution is 5.54. The van der Waals surface area contributed by atoms with Crippen molar-refractivity contribution in [2.75, 3.05) is 13.7 Å². The van der Waals surface area contributed by atoms with Crippen LogP contribution in [-0.4, -0.2) is 56.6 Å². The van der Waals surface area contributed by atoms with Crippen LogP contribution in [0.15, 0.2) is 48.5 Å². The summed E-state index contributed by atoms with van der Waals surface area (Å²) >= 11 is 0. The number of benzene rings is 3. The lowest BCUT2D eigenvalue weighted by Crippen LogP contribution is -2.36. The number of phenols is 3. The molecule has 10 nitrogen and oxygen atoms in total. The van der Waals surface area contributed by atoms with Gasteiger partial charge in [0.2, 0.25) is 0 Å². The minimum Gasteiger partial charge on any atom is -0.508 e. The molecule has 35 heavy (non-hydrogen) atoms. The first-order valence-electron chi connectivity index (χ1n) is 10.8. The third-order valence-electron chi connectivity index (χ3n) is 6.17. The van der Waals surface area contributed by atoms with E-state index < -0.39 is 36.3 Å². The molecule has 5 rings (SSSR count). The largest absolute Gasteiger partial charge is 0.508 e. The van der Waals surface area contributed by atoms with E-state index in [-0.39, 0.29) is 35.2 Å². The van der Waals surface area contributed by atoms with Crippen molar-refractivity contribution in [3.63, 3.8) is 0 Å². The molecule has 0 saturated heterocycles. The summed E-state index contributed by atoms with van der Waals surface area (Å²) in [7, 11) is 1.42.